The molecule has 1 heteroatoms. The van der Waals surface area contributed by atoms with Gasteiger partial charge in [-0.2, -0.15) is 0 Å². The largest absolute Gasteiger partial charge is 0.299 e. The van der Waals surface area contributed by atoms with Crippen molar-refractivity contribution in [3.63, 3.8) is 0 Å². The summed E-state index contributed by atoms with van der Waals surface area (Å²) in [7, 11) is 0. The fourth-order valence-corrected chi connectivity index (χ4v) is 5.41. The van der Waals surface area contributed by atoms with Crippen molar-refractivity contribution < 1.29 is 4.79 Å². The second kappa shape index (κ2) is 4.56. The third-order valence-electron chi connectivity index (χ3n) is 6.48. The quantitative estimate of drug-likeness (QED) is 0.695. The standard InChI is InChI=1S/C22H22O/c1-2-14-3-5-16-11-21-18(9-17(16)7-14)10-20(23)13-22(21)12-15-4-6-19(22)8-15/h3-7,9,11,15,19H,2,8,10,12-13H2,1H3. The molecule has 0 heterocycles. The van der Waals surface area contributed by atoms with E-state index in [1.165, 1.54) is 40.3 Å². The summed E-state index contributed by atoms with van der Waals surface area (Å²) < 4.78 is 0. The van der Waals surface area contributed by atoms with Gasteiger partial charge in [-0.25, -0.2) is 0 Å². The molecule has 0 saturated heterocycles. The Bertz CT molecular complexity index is 860. The first kappa shape index (κ1) is 13.5. The van der Waals surface area contributed by atoms with Gasteiger partial charge < -0.3 is 0 Å². The van der Waals surface area contributed by atoms with Gasteiger partial charge in [0.15, 0.2) is 0 Å². The number of benzene rings is 2. The van der Waals surface area contributed by atoms with Gasteiger partial charge in [-0.1, -0.05) is 49.4 Å². The first-order valence-electron chi connectivity index (χ1n) is 8.94. The molecule has 3 aliphatic rings. The second-order valence-electron chi connectivity index (χ2n) is 7.78. The smallest absolute Gasteiger partial charge is 0.138 e. The summed E-state index contributed by atoms with van der Waals surface area (Å²) in [5.41, 5.74) is 4.24. The fourth-order valence-electron chi connectivity index (χ4n) is 5.41. The summed E-state index contributed by atoms with van der Waals surface area (Å²) in [6.07, 6.45) is 9.63. The predicted octanol–water partition coefficient (Wildman–Crippen LogP) is 4.75. The lowest BCUT2D eigenvalue weighted by atomic mass is 9.62. The number of carbonyl (C=O) groups excluding carboxylic acids is 1. The van der Waals surface area contributed by atoms with Crippen molar-refractivity contribution in [2.24, 2.45) is 11.8 Å². The Morgan fingerprint density at radius 2 is 2.04 bits per heavy atom. The first-order valence-corrected chi connectivity index (χ1v) is 8.94. The van der Waals surface area contributed by atoms with E-state index in [-0.39, 0.29) is 5.41 Å². The summed E-state index contributed by atoms with van der Waals surface area (Å²) >= 11 is 0. The molecule has 116 valence electrons. The zero-order chi connectivity index (χ0) is 15.6. The Hall–Kier alpha value is -1.89. The van der Waals surface area contributed by atoms with Crippen LogP contribution < -0.4 is 0 Å². The highest BCUT2D eigenvalue weighted by Gasteiger charge is 2.52. The number of fused-ring (bicyclic) bond motifs is 6. The van der Waals surface area contributed by atoms with Crippen LogP contribution in [0, 0.1) is 11.8 Å². The van der Waals surface area contributed by atoms with Crippen LogP contribution in [0.5, 0.6) is 0 Å². The van der Waals surface area contributed by atoms with Crippen LogP contribution in [0.25, 0.3) is 10.8 Å². The number of rotatable bonds is 1. The predicted molar refractivity (Wildman–Crippen MR) is 93.7 cm³/mol. The Kier molecular flexibility index (Phi) is 2.69. The number of hydrogen-bond donors (Lipinski definition) is 0. The first-order chi connectivity index (χ1) is 11.2. The molecule has 3 atom stereocenters. The average molecular weight is 302 g/mol. The summed E-state index contributed by atoms with van der Waals surface area (Å²) in [5.74, 6) is 1.70. The van der Waals surface area contributed by atoms with Gasteiger partial charge in [0, 0.05) is 18.3 Å². The normalized spacial score (nSPS) is 31.3. The number of allylic oxidation sites excluding steroid dienone is 2. The van der Waals surface area contributed by atoms with E-state index < -0.39 is 0 Å². The van der Waals surface area contributed by atoms with Gasteiger partial charge in [0.2, 0.25) is 0 Å². The maximum absolute atomic E-state index is 12.5. The highest BCUT2D eigenvalue weighted by molar-refractivity contribution is 5.91. The van der Waals surface area contributed by atoms with Crippen molar-refractivity contribution in [2.75, 3.05) is 0 Å². The molecule has 0 aliphatic heterocycles. The molecule has 3 aliphatic carbocycles. The van der Waals surface area contributed by atoms with Crippen LogP contribution in [0.2, 0.25) is 0 Å². The molecule has 2 aromatic carbocycles. The number of Topliss-reactive ketones (excluding diaryl/α,β-unsaturated/α-hetero) is 1. The molecule has 1 spiro atoms. The number of ketones is 1. The van der Waals surface area contributed by atoms with Crippen LogP contribution in [0.4, 0.5) is 0 Å². The van der Waals surface area contributed by atoms with Crippen LogP contribution in [-0.4, -0.2) is 5.78 Å². The summed E-state index contributed by atoms with van der Waals surface area (Å²) in [6, 6.07) is 11.5. The van der Waals surface area contributed by atoms with E-state index in [0.717, 1.165) is 12.8 Å². The van der Waals surface area contributed by atoms with Crippen LogP contribution in [-0.2, 0) is 23.1 Å². The van der Waals surface area contributed by atoms with Crippen molar-refractivity contribution in [2.45, 2.75) is 44.4 Å². The van der Waals surface area contributed by atoms with Gasteiger partial charge in [-0.3, -0.25) is 4.79 Å². The van der Waals surface area contributed by atoms with Crippen LogP contribution in [0.1, 0.15) is 42.9 Å². The van der Waals surface area contributed by atoms with Crippen molar-refractivity contribution in [1.82, 2.24) is 0 Å². The molecule has 2 bridgehead atoms. The molecule has 0 aromatic heterocycles. The number of aryl methyl sites for hydroxylation is 1. The molecule has 1 fully saturated rings. The molecule has 2 aromatic rings. The Morgan fingerprint density at radius 3 is 2.78 bits per heavy atom. The zero-order valence-electron chi connectivity index (χ0n) is 13.6. The highest BCUT2D eigenvalue weighted by atomic mass is 16.1. The molecule has 0 amide bonds. The minimum Gasteiger partial charge on any atom is -0.299 e. The van der Waals surface area contributed by atoms with E-state index in [4.69, 9.17) is 0 Å². The van der Waals surface area contributed by atoms with Crippen molar-refractivity contribution >= 4 is 16.6 Å². The van der Waals surface area contributed by atoms with E-state index in [0.29, 0.717) is 24.0 Å². The van der Waals surface area contributed by atoms with Gasteiger partial charge in [-0.05, 0) is 58.6 Å². The van der Waals surface area contributed by atoms with E-state index in [2.05, 4.69) is 49.4 Å². The molecule has 23 heavy (non-hydrogen) atoms. The molecule has 5 rings (SSSR count). The van der Waals surface area contributed by atoms with E-state index >= 15 is 0 Å². The molecule has 0 N–H and O–H groups in total. The number of hydrogen-bond acceptors (Lipinski definition) is 1. The minimum atomic E-state index is 0.0989. The second-order valence-corrected chi connectivity index (χ2v) is 7.78. The maximum Gasteiger partial charge on any atom is 0.138 e. The number of carbonyl (C=O) groups is 1. The van der Waals surface area contributed by atoms with Crippen molar-refractivity contribution in [3.05, 3.63) is 59.2 Å². The fraction of sp³-hybridized carbons (Fsp3) is 0.409. The Morgan fingerprint density at radius 1 is 1.13 bits per heavy atom. The minimum absolute atomic E-state index is 0.0989. The molecule has 1 saturated carbocycles. The Labute approximate surface area is 137 Å². The van der Waals surface area contributed by atoms with Crippen molar-refractivity contribution in [3.8, 4) is 0 Å². The lowest BCUT2D eigenvalue weighted by Crippen LogP contribution is -2.38. The summed E-state index contributed by atoms with van der Waals surface area (Å²) in [4.78, 5) is 12.5. The summed E-state index contributed by atoms with van der Waals surface area (Å²) in [6.45, 7) is 2.19. The van der Waals surface area contributed by atoms with Gasteiger partial charge >= 0.3 is 0 Å². The summed E-state index contributed by atoms with van der Waals surface area (Å²) in [5, 5.41) is 2.63. The molecular weight excluding hydrogens is 280 g/mol. The topological polar surface area (TPSA) is 17.1 Å². The highest BCUT2D eigenvalue weighted by Crippen LogP contribution is 2.57. The third kappa shape index (κ3) is 1.83. The van der Waals surface area contributed by atoms with E-state index in [1.54, 1.807) is 0 Å². The van der Waals surface area contributed by atoms with Crippen molar-refractivity contribution in [1.29, 1.82) is 0 Å². The molecular formula is C22H22O. The SMILES string of the molecule is CCc1ccc2cc3c(cc2c1)CC(=O)CC31CC2C=CC1C2. The van der Waals surface area contributed by atoms with Gasteiger partial charge in [0.05, 0.1) is 0 Å². The molecule has 3 unspecified atom stereocenters. The zero-order valence-corrected chi connectivity index (χ0v) is 13.6. The Balaban J connectivity index is 1.74. The lowest BCUT2D eigenvalue weighted by Gasteiger charge is -2.40. The van der Waals surface area contributed by atoms with E-state index in [1.807, 2.05) is 0 Å². The average Bonchev–Trinajstić information content (AvgIpc) is 3.14. The monoisotopic (exact) mass is 302 g/mol. The van der Waals surface area contributed by atoms with Gasteiger partial charge in [-0.15, -0.1) is 0 Å². The third-order valence-corrected chi connectivity index (χ3v) is 6.48. The van der Waals surface area contributed by atoms with E-state index in [9.17, 15) is 4.79 Å². The van der Waals surface area contributed by atoms with Gasteiger partial charge in [0.1, 0.15) is 5.78 Å². The van der Waals surface area contributed by atoms with Crippen LogP contribution in [0.15, 0.2) is 42.5 Å². The van der Waals surface area contributed by atoms with Crippen LogP contribution in [0.3, 0.4) is 0 Å². The van der Waals surface area contributed by atoms with Gasteiger partial charge in [0.25, 0.3) is 0 Å². The lowest BCUT2D eigenvalue weighted by molar-refractivity contribution is -0.120. The maximum atomic E-state index is 12.5. The van der Waals surface area contributed by atoms with Crippen LogP contribution >= 0.6 is 0 Å². The molecule has 1 nitrogen and oxygen atoms in total. The molecule has 0 radical (unpaired) electrons.